The largest absolute Gasteiger partial charge is 0.493 e. The molecule has 118 valence electrons. The van der Waals surface area contributed by atoms with Gasteiger partial charge in [0.25, 0.3) is 0 Å². The minimum atomic E-state index is 0.381. The first-order valence-electron chi connectivity index (χ1n) is 7.99. The Balaban J connectivity index is 2.30. The van der Waals surface area contributed by atoms with E-state index in [2.05, 4.69) is 24.9 Å². The summed E-state index contributed by atoms with van der Waals surface area (Å²) in [4.78, 5) is 15.2. The van der Waals surface area contributed by atoms with Crippen molar-refractivity contribution >= 4 is 17.2 Å². The molecular weight excluding hydrogens is 286 g/mol. The molecule has 0 radical (unpaired) electrons. The van der Waals surface area contributed by atoms with Crippen LogP contribution < -0.4 is 4.74 Å². The van der Waals surface area contributed by atoms with Crippen LogP contribution in [0.3, 0.4) is 0 Å². The van der Waals surface area contributed by atoms with Crippen LogP contribution >= 0.6 is 0 Å². The molecule has 3 nitrogen and oxygen atoms in total. The van der Waals surface area contributed by atoms with E-state index in [-0.39, 0.29) is 0 Å². The predicted octanol–water partition coefficient (Wildman–Crippen LogP) is 5.17. The second kappa shape index (κ2) is 6.29. The monoisotopic (exact) mass is 307 g/mol. The van der Waals surface area contributed by atoms with Gasteiger partial charge in [-0.3, -0.25) is 4.79 Å². The molecule has 3 aromatic rings. The number of aromatic nitrogens is 1. The van der Waals surface area contributed by atoms with Gasteiger partial charge in [0.05, 0.1) is 17.8 Å². The molecular formula is C20H21NO2. The summed E-state index contributed by atoms with van der Waals surface area (Å²) >= 11 is 0. The Morgan fingerprint density at radius 2 is 1.91 bits per heavy atom. The average Bonchev–Trinajstić information content (AvgIpc) is 2.93. The highest BCUT2D eigenvalue weighted by Crippen LogP contribution is 2.37. The summed E-state index contributed by atoms with van der Waals surface area (Å²) in [6.45, 7) is 6.86. The maximum Gasteiger partial charge on any atom is 0.152 e. The Morgan fingerprint density at radius 1 is 1.13 bits per heavy atom. The number of H-pyrrole nitrogens is 1. The number of carbonyl (C=O) groups excluding carboxylic acids is 1. The summed E-state index contributed by atoms with van der Waals surface area (Å²) in [5.74, 6) is 1.17. The zero-order chi connectivity index (χ0) is 16.4. The van der Waals surface area contributed by atoms with Gasteiger partial charge >= 0.3 is 0 Å². The van der Waals surface area contributed by atoms with Crippen molar-refractivity contribution in [3.8, 4) is 17.0 Å². The molecule has 0 amide bonds. The van der Waals surface area contributed by atoms with Gasteiger partial charge in [-0.1, -0.05) is 44.2 Å². The lowest BCUT2D eigenvalue weighted by atomic mass is 9.99. The summed E-state index contributed by atoms with van der Waals surface area (Å²) in [5, 5.41) is 0.965. The highest BCUT2D eigenvalue weighted by atomic mass is 16.5. The lowest BCUT2D eigenvalue weighted by Gasteiger charge is -2.09. The number of carbonyl (C=O) groups is 1. The summed E-state index contributed by atoms with van der Waals surface area (Å²) in [6.07, 6.45) is 0.932. The van der Waals surface area contributed by atoms with Gasteiger partial charge in [-0.2, -0.15) is 0 Å². The fraction of sp³-hybridized carbons (Fsp3) is 0.250. The molecule has 0 saturated carbocycles. The number of hydrogen-bond donors (Lipinski definition) is 1. The Morgan fingerprint density at radius 3 is 2.61 bits per heavy atom. The van der Waals surface area contributed by atoms with Crippen LogP contribution in [0, 0.1) is 0 Å². The molecule has 1 aromatic heterocycles. The van der Waals surface area contributed by atoms with Crippen LogP contribution in [0.5, 0.6) is 5.75 Å². The number of nitrogens with one attached hydrogen (secondary N) is 1. The molecule has 0 aliphatic heterocycles. The van der Waals surface area contributed by atoms with Gasteiger partial charge in [-0.05, 0) is 30.5 Å². The van der Waals surface area contributed by atoms with Gasteiger partial charge in [0.15, 0.2) is 6.29 Å². The van der Waals surface area contributed by atoms with Crippen molar-refractivity contribution in [2.45, 2.75) is 26.7 Å². The van der Waals surface area contributed by atoms with Crippen molar-refractivity contribution in [3.05, 3.63) is 53.6 Å². The normalized spacial score (nSPS) is 11.1. The second-order valence-corrected chi connectivity index (χ2v) is 5.89. The summed E-state index contributed by atoms with van der Waals surface area (Å²) < 4.78 is 5.73. The molecule has 0 unspecified atom stereocenters. The maximum absolute atomic E-state index is 11.8. The van der Waals surface area contributed by atoms with Crippen LogP contribution in [-0.4, -0.2) is 17.9 Å². The third-order valence-corrected chi connectivity index (χ3v) is 4.10. The minimum Gasteiger partial charge on any atom is -0.493 e. The number of benzene rings is 2. The van der Waals surface area contributed by atoms with E-state index in [1.807, 2.05) is 43.3 Å². The van der Waals surface area contributed by atoms with E-state index in [1.54, 1.807) is 0 Å². The van der Waals surface area contributed by atoms with Gasteiger partial charge in [0, 0.05) is 16.5 Å². The number of fused-ring (bicyclic) bond motifs is 1. The van der Waals surface area contributed by atoms with E-state index in [0.29, 0.717) is 18.1 Å². The molecule has 3 rings (SSSR count). The third-order valence-electron chi connectivity index (χ3n) is 4.10. The van der Waals surface area contributed by atoms with E-state index in [4.69, 9.17) is 4.74 Å². The lowest BCUT2D eigenvalue weighted by Crippen LogP contribution is -1.95. The predicted molar refractivity (Wildman–Crippen MR) is 94.4 cm³/mol. The van der Waals surface area contributed by atoms with Crippen LogP contribution in [0.15, 0.2) is 42.5 Å². The number of aromatic amines is 1. The van der Waals surface area contributed by atoms with E-state index in [9.17, 15) is 4.79 Å². The molecule has 0 bridgehead atoms. The van der Waals surface area contributed by atoms with Crippen molar-refractivity contribution in [2.24, 2.45) is 0 Å². The molecule has 0 spiro atoms. The van der Waals surface area contributed by atoms with Crippen molar-refractivity contribution in [2.75, 3.05) is 6.61 Å². The molecule has 0 fully saturated rings. The van der Waals surface area contributed by atoms with Crippen LogP contribution in [0.2, 0.25) is 0 Å². The Bertz CT molecular complexity index is 846. The number of ether oxygens (including phenoxy) is 1. The van der Waals surface area contributed by atoms with E-state index < -0.39 is 0 Å². The van der Waals surface area contributed by atoms with Crippen molar-refractivity contribution in [3.63, 3.8) is 0 Å². The molecule has 0 atom stereocenters. The van der Waals surface area contributed by atoms with Crippen molar-refractivity contribution in [1.82, 2.24) is 4.98 Å². The second-order valence-electron chi connectivity index (χ2n) is 5.89. The van der Waals surface area contributed by atoms with Crippen LogP contribution in [0.4, 0.5) is 0 Å². The fourth-order valence-electron chi connectivity index (χ4n) is 3.03. The van der Waals surface area contributed by atoms with Gasteiger partial charge in [0.2, 0.25) is 0 Å². The number of para-hydroxylation sites is 2. The number of rotatable bonds is 5. The van der Waals surface area contributed by atoms with Crippen LogP contribution in [-0.2, 0) is 0 Å². The lowest BCUT2D eigenvalue weighted by molar-refractivity contribution is 0.112. The number of aldehydes is 1. The Labute approximate surface area is 136 Å². The van der Waals surface area contributed by atoms with Gasteiger partial charge in [-0.25, -0.2) is 0 Å². The zero-order valence-corrected chi connectivity index (χ0v) is 13.7. The molecule has 0 aliphatic carbocycles. The highest BCUT2D eigenvalue weighted by molar-refractivity contribution is 6.05. The van der Waals surface area contributed by atoms with E-state index in [1.165, 1.54) is 5.56 Å². The quantitative estimate of drug-likeness (QED) is 0.661. The summed E-state index contributed by atoms with van der Waals surface area (Å²) in [6, 6.07) is 13.9. The van der Waals surface area contributed by atoms with E-state index >= 15 is 0 Å². The van der Waals surface area contributed by atoms with Gasteiger partial charge < -0.3 is 9.72 Å². The molecule has 1 N–H and O–H groups in total. The molecule has 0 saturated heterocycles. The first kappa shape index (κ1) is 15.3. The Kier molecular flexibility index (Phi) is 4.20. The van der Waals surface area contributed by atoms with Gasteiger partial charge in [0.1, 0.15) is 5.75 Å². The molecule has 1 heterocycles. The smallest absolute Gasteiger partial charge is 0.152 e. The topological polar surface area (TPSA) is 42.1 Å². The van der Waals surface area contributed by atoms with Gasteiger partial charge in [-0.15, -0.1) is 0 Å². The maximum atomic E-state index is 11.8. The molecule has 3 heteroatoms. The summed E-state index contributed by atoms with van der Waals surface area (Å²) in [5.41, 5.74) is 4.68. The standard InChI is InChI=1S/C20H21NO2/c1-4-23-18-11-6-5-8-16(18)20-17(12-22)15-10-7-9-14(13(2)3)19(15)21-20/h5-13,21H,4H2,1-3H3. The first-order valence-corrected chi connectivity index (χ1v) is 7.99. The highest BCUT2D eigenvalue weighted by Gasteiger charge is 2.18. The average molecular weight is 307 g/mol. The summed E-state index contributed by atoms with van der Waals surface area (Å²) in [7, 11) is 0. The SMILES string of the molecule is CCOc1ccccc1-c1[nH]c2c(C(C)C)cccc2c1C=O. The molecule has 2 aromatic carbocycles. The minimum absolute atomic E-state index is 0.381. The van der Waals surface area contributed by atoms with E-state index in [0.717, 1.165) is 34.2 Å². The Hall–Kier alpha value is -2.55. The van der Waals surface area contributed by atoms with Crippen molar-refractivity contribution < 1.29 is 9.53 Å². The molecule has 23 heavy (non-hydrogen) atoms. The molecule has 0 aliphatic rings. The zero-order valence-electron chi connectivity index (χ0n) is 13.7. The number of hydrogen-bond acceptors (Lipinski definition) is 2. The van der Waals surface area contributed by atoms with Crippen LogP contribution in [0.25, 0.3) is 22.2 Å². The third kappa shape index (κ3) is 2.63. The van der Waals surface area contributed by atoms with Crippen molar-refractivity contribution in [1.29, 1.82) is 0 Å². The fourth-order valence-corrected chi connectivity index (χ4v) is 3.03. The first-order chi connectivity index (χ1) is 11.2. The van der Waals surface area contributed by atoms with Crippen LogP contribution in [0.1, 0.15) is 42.6 Å².